The van der Waals surface area contributed by atoms with Crippen LogP contribution >= 0.6 is 0 Å². The lowest BCUT2D eigenvalue weighted by Gasteiger charge is -2.17. The van der Waals surface area contributed by atoms with Crippen molar-refractivity contribution in [3.8, 4) is 11.5 Å². The van der Waals surface area contributed by atoms with Gasteiger partial charge >= 0.3 is 6.03 Å². The minimum atomic E-state index is 0.0136. The molecule has 2 rings (SSSR count). The number of urea groups is 1. The highest BCUT2D eigenvalue weighted by Gasteiger charge is 2.17. The van der Waals surface area contributed by atoms with Crippen LogP contribution in [0, 0.1) is 0 Å². The van der Waals surface area contributed by atoms with Crippen molar-refractivity contribution in [1.29, 1.82) is 0 Å². The number of carbonyl (C=O) groups is 1. The summed E-state index contributed by atoms with van der Waals surface area (Å²) in [4.78, 5) is 13.8. The number of carbonyl (C=O) groups excluding carboxylic acids is 1. The maximum atomic E-state index is 12.0. The molecule has 22 heavy (non-hydrogen) atoms. The van der Waals surface area contributed by atoms with Gasteiger partial charge in [-0.2, -0.15) is 0 Å². The van der Waals surface area contributed by atoms with Crippen LogP contribution in [0.2, 0.25) is 0 Å². The molecule has 0 atom stereocenters. The molecule has 0 aliphatic carbocycles. The van der Waals surface area contributed by atoms with E-state index in [-0.39, 0.29) is 6.03 Å². The average Bonchev–Trinajstić information content (AvgIpc) is 3.08. The second-order valence-electron chi connectivity index (χ2n) is 5.54. The number of nitrogens with zero attached hydrogens (tertiary/aromatic N) is 1. The molecule has 1 aliphatic rings. The first-order valence-electron chi connectivity index (χ1n) is 8.07. The molecular formula is C17H26N2O3. The Balaban J connectivity index is 1.89. The van der Waals surface area contributed by atoms with Crippen LogP contribution in [0.5, 0.6) is 11.5 Å². The molecular weight excluding hydrogens is 280 g/mol. The average molecular weight is 306 g/mol. The van der Waals surface area contributed by atoms with Crippen molar-refractivity contribution in [2.24, 2.45) is 0 Å². The number of rotatable bonds is 7. The molecule has 1 saturated heterocycles. The fourth-order valence-corrected chi connectivity index (χ4v) is 2.48. The fraction of sp³-hybridized carbons (Fsp3) is 0.588. The monoisotopic (exact) mass is 306 g/mol. The highest BCUT2D eigenvalue weighted by atomic mass is 16.5. The van der Waals surface area contributed by atoms with E-state index in [9.17, 15) is 4.79 Å². The summed E-state index contributed by atoms with van der Waals surface area (Å²) in [6.07, 6.45) is 4.33. The van der Waals surface area contributed by atoms with Gasteiger partial charge in [0.1, 0.15) is 0 Å². The predicted octanol–water partition coefficient (Wildman–Crippen LogP) is 3.18. The quantitative estimate of drug-likeness (QED) is 0.787. The van der Waals surface area contributed by atoms with E-state index in [1.54, 1.807) is 7.11 Å². The van der Waals surface area contributed by atoms with Crippen LogP contribution in [-0.4, -0.2) is 37.7 Å². The number of ether oxygens (including phenoxy) is 2. The number of likely N-dealkylation sites (tertiary alicyclic amines) is 1. The second kappa shape index (κ2) is 8.51. The summed E-state index contributed by atoms with van der Waals surface area (Å²) in [7, 11) is 1.63. The minimum absolute atomic E-state index is 0.0136. The van der Waals surface area contributed by atoms with Crippen LogP contribution in [0.3, 0.4) is 0 Å². The van der Waals surface area contributed by atoms with E-state index >= 15 is 0 Å². The smallest absolute Gasteiger partial charge is 0.317 e. The zero-order valence-electron chi connectivity index (χ0n) is 13.6. The first kappa shape index (κ1) is 16.5. The third-order valence-corrected chi connectivity index (χ3v) is 3.82. The molecule has 1 N–H and O–H groups in total. The largest absolute Gasteiger partial charge is 0.493 e. The Morgan fingerprint density at radius 1 is 1.27 bits per heavy atom. The van der Waals surface area contributed by atoms with Crippen LogP contribution in [0.4, 0.5) is 4.79 Å². The number of nitrogens with one attached hydrogen (secondary N) is 1. The summed E-state index contributed by atoms with van der Waals surface area (Å²) in [6.45, 7) is 5.05. The molecule has 122 valence electrons. The molecule has 5 nitrogen and oxygen atoms in total. The number of hydrogen-bond acceptors (Lipinski definition) is 3. The van der Waals surface area contributed by atoms with Crippen LogP contribution < -0.4 is 14.8 Å². The molecule has 1 fully saturated rings. The van der Waals surface area contributed by atoms with Crippen LogP contribution in [-0.2, 0) is 6.54 Å². The highest BCUT2D eigenvalue weighted by molar-refractivity contribution is 5.74. The SMILES string of the molecule is CCCCOc1ccc(CNC(=O)N2CCCC2)cc1OC. The second-order valence-corrected chi connectivity index (χ2v) is 5.54. The van der Waals surface area contributed by atoms with E-state index in [2.05, 4.69) is 12.2 Å². The molecule has 0 aromatic heterocycles. The Labute approximate surface area is 132 Å². The van der Waals surface area contributed by atoms with E-state index in [1.165, 1.54) is 0 Å². The lowest BCUT2D eigenvalue weighted by Crippen LogP contribution is -2.37. The topological polar surface area (TPSA) is 50.8 Å². The van der Waals surface area contributed by atoms with Gasteiger partial charge in [0.15, 0.2) is 11.5 Å². The zero-order chi connectivity index (χ0) is 15.8. The van der Waals surface area contributed by atoms with Crippen LogP contribution in [0.1, 0.15) is 38.2 Å². The van der Waals surface area contributed by atoms with Crippen LogP contribution in [0.25, 0.3) is 0 Å². The predicted molar refractivity (Wildman–Crippen MR) is 86.4 cm³/mol. The Morgan fingerprint density at radius 2 is 2.05 bits per heavy atom. The van der Waals surface area contributed by atoms with Crippen molar-refractivity contribution in [3.63, 3.8) is 0 Å². The maximum absolute atomic E-state index is 12.0. The van der Waals surface area contributed by atoms with E-state index in [1.807, 2.05) is 23.1 Å². The van der Waals surface area contributed by atoms with Crippen molar-refractivity contribution in [1.82, 2.24) is 10.2 Å². The minimum Gasteiger partial charge on any atom is -0.493 e. The molecule has 0 saturated carbocycles. The fourth-order valence-electron chi connectivity index (χ4n) is 2.48. The Bertz CT molecular complexity index is 485. The number of unbranched alkanes of at least 4 members (excludes halogenated alkanes) is 1. The standard InChI is InChI=1S/C17H26N2O3/c1-3-4-11-22-15-8-7-14(12-16(15)21-2)13-18-17(20)19-9-5-6-10-19/h7-8,12H,3-6,9-11,13H2,1-2H3,(H,18,20). The van der Waals surface area contributed by atoms with Gasteiger partial charge in [-0.25, -0.2) is 4.79 Å². The molecule has 0 unspecified atom stereocenters. The van der Waals surface area contributed by atoms with Crippen molar-refractivity contribution < 1.29 is 14.3 Å². The third-order valence-electron chi connectivity index (χ3n) is 3.82. The van der Waals surface area contributed by atoms with Gasteiger partial charge in [0.2, 0.25) is 0 Å². The van der Waals surface area contributed by atoms with Gasteiger partial charge in [-0.05, 0) is 37.0 Å². The molecule has 1 heterocycles. The summed E-state index contributed by atoms with van der Waals surface area (Å²) in [5.41, 5.74) is 1.01. The molecule has 0 spiro atoms. The zero-order valence-corrected chi connectivity index (χ0v) is 13.6. The van der Waals surface area contributed by atoms with Crippen molar-refractivity contribution in [2.45, 2.75) is 39.2 Å². The van der Waals surface area contributed by atoms with E-state index in [0.717, 1.165) is 50.1 Å². The summed E-state index contributed by atoms with van der Waals surface area (Å²) < 4.78 is 11.1. The molecule has 2 amide bonds. The van der Waals surface area contributed by atoms with Gasteiger partial charge < -0.3 is 19.7 Å². The van der Waals surface area contributed by atoms with Crippen molar-refractivity contribution >= 4 is 6.03 Å². The van der Waals surface area contributed by atoms with Gasteiger partial charge in [0, 0.05) is 19.6 Å². The summed E-state index contributed by atoms with van der Waals surface area (Å²) in [5, 5.41) is 2.95. The molecule has 1 aromatic rings. The van der Waals surface area contributed by atoms with E-state index in [0.29, 0.717) is 18.9 Å². The van der Waals surface area contributed by atoms with Gasteiger partial charge in [-0.3, -0.25) is 0 Å². The van der Waals surface area contributed by atoms with Gasteiger partial charge in [-0.1, -0.05) is 19.4 Å². The molecule has 0 bridgehead atoms. The number of methoxy groups -OCH3 is 1. The number of amides is 2. The lowest BCUT2D eigenvalue weighted by atomic mass is 10.2. The molecule has 0 radical (unpaired) electrons. The molecule has 1 aromatic carbocycles. The van der Waals surface area contributed by atoms with E-state index in [4.69, 9.17) is 9.47 Å². The molecule has 1 aliphatic heterocycles. The van der Waals surface area contributed by atoms with Crippen molar-refractivity contribution in [3.05, 3.63) is 23.8 Å². The first-order chi connectivity index (χ1) is 10.7. The van der Waals surface area contributed by atoms with Gasteiger partial charge in [0.05, 0.1) is 13.7 Å². The third kappa shape index (κ3) is 4.55. The summed E-state index contributed by atoms with van der Waals surface area (Å²) in [6, 6.07) is 5.81. The first-order valence-corrected chi connectivity index (χ1v) is 8.07. The lowest BCUT2D eigenvalue weighted by molar-refractivity contribution is 0.208. The normalized spacial score (nSPS) is 14.0. The Hall–Kier alpha value is -1.91. The summed E-state index contributed by atoms with van der Waals surface area (Å²) >= 11 is 0. The Morgan fingerprint density at radius 3 is 2.73 bits per heavy atom. The summed E-state index contributed by atoms with van der Waals surface area (Å²) in [5.74, 6) is 1.47. The van der Waals surface area contributed by atoms with Gasteiger partial charge in [0.25, 0.3) is 0 Å². The van der Waals surface area contributed by atoms with Crippen LogP contribution in [0.15, 0.2) is 18.2 Å². The number of hydrogen-bond donors (Lipinski definition) is 1. The van der Waals surface area contributed by atoms with Crippen molar-refractivity contribution in [2.75, 3.05) is 26.8 Å². The maximum Gasteiger partial charge on any atom is 0.317 e. The highest BCUT2D eigenvalue weighted by Crippen LogP contribution is 2.28. The Kier molecular flexibility index (Phi) is 6.37. The molecule has 5 heteroatoms. The van der Waals surface area contributed by atoms with Gasteiger partial charge in [-0.15, -0.1) is 0 Å². The van der Waals surface area contributed by atoms with E-state index < -0.39 is 0 Å². The number of benzene rings is 1.